The fourth-order valence-electron chi connectivity index (χ4n) is 1.29. The molecule has 0 amide bonds. The molecule has 0 saturated heterocycles. The number of hydrogen-bond donors (Lipinski definition) is 2. The number of ether oxygens (including phenoxy) is 1. The molecule has 0 aliphatic rings. The number of aryl methyl sites for hydroxylation is 1. The van der Waals surface area contributed by atoms with E-state index in [4.69, 9.17) is 10.4 Å². The van der Waals surface area contributed by atoms with Crippen molar-refractivity contribution >= 4 is 11.9 Å². The number of carboxylic acid groups (broad SMARTS) is 1. The van der Waals surface area contributed by atoms with Crippen LogP contribution in [0, 0.1) is 24.2 Å². The number of hydrogen-bond acceptors (Lipinski definition) is 6. The number of aromatic nitrogens is 3. The molecule has 8 heteroatoms. The summed E-state index contributed by atoms with van der Waals surface area (Å²) in [5, 5.41) is 24.0. The molecule has 0 fully saturated rings. The molecule has 17 heavy (non-hydrogen) atoms. The second kappa shape index (κ2) is 5.07. The zero-order chi connectivity index (χ0) is 13.0. The highest BCUT2D eigenvalue weighted by Gasteiger charge is 2.39. The number of H-pyrrole nitrogens is 1. The molecule has 90 valence electrons. The lowest BCUT2D eigenvalue weighted by molar-refractivity contribution is -0.150. The van der Waals surface area contributed by atoms with Gasteiger partial charge in [-0.3, -0.25) is 14.7 Å². The van der Waals surface area contributed by atoms with E-state index in [2.05, 4.69) is 19.9 Å². The highest BCUT2D eigenvalue weighted by Crippen LogP contribution is 2.23. The topological polar surface area (TPSA) is 129 Å². The normalized spacial score (nSPS) is 13.5. The monoisotopic (exact) mass is 238 g/mol. The van der Waals surface area contributed by atoms with Gasteiger partial charge < -0.3 is 9.84 Å². The van der Waals surface area contributed by atoms with Crippen LogP contribution < -0.4 is 0 Å². The van der Waals surface area contributed by atoms with Crippen LogP contribution in [0.15, 0.2) is 0 Å². The van der Waals surface area contributed by atoms with Crippen LogP contribution in [0.25, 0.3) is 0 Å². The van der Waals surface area contributed by atoms with E-state index in [0.29, 0.717) is 5.82 Å². The molecular formula is C9H10N4O4. The first-order valence-electron chi connectivity index (χ1n) is 4.60. The Morgan fingerprint density at radius 1 is 1.59 bits per heavy atom. The zero-order valence-corrected chi connectivity index (χ0v) is 9.17. The van der Waals surface area contributed by atoms with E-state index in [-0.39, 0.29) is 5.82 Å². The molecule has 2 unspecified atom stereocenters. The lowest BCUT2D eigenvalue weighted by atomic mass is 9.93. The summed E-state index contributed by atoms with van der Waals surface area (Å²) in [6.07, 6.45) is 0. The maximum Gasteiger partial charge on any atom is 0.324 e. The van der Waals surface area contributed by atoms with Crippen LogP contribution in [0.2, 0.25) is 0 Å². The maximum atomic E-state index is 11.3. The first-order valence-corrected chi connectivity index (χ1v) is 4.60. The second-order valence-corrected chi connectivity index (χ2v) is 3.22. The van der Waals surface area contributed by atoms with E-state index in [1.54, 1.807) is 13.0 Å². The Balaban J connectivity index is 3.13. The first kappa shape index (κ1) is 12.6. The summed E-state index contributed by atoms with van der Waals surface area (Å²) in [7, 11) is 1.08. The minimum Gasteiger partial charge on any atom is -0.481 e. The lowest BCUT2D eigenvalue weighted by Crippen LogP contribution is -2.29. The number of methoxy groups -OCH3 is 1. The van der Waals surface area contributed by atoms with Gasteiger partial charge >= 0.3 is 11.9 Å². The Bertz CT molecular complexity index is 476. The molecule has 0 spiro atoms. The molecule has 2 atom stereocenters. The minimum atomic E-state index is -1.48. The van der Waals surface area contributed by atoms with Crippen LogP contribution in [-0.4, -0.2) is 39.3 Å². The second-order valence-electron chi connectivity index (χ2n) is 3.22. The van der Waals surface area contributed by atoms with Crippen LogP contribution in [0.4, 0.5) is 0 Å². The van der Waals surface area contributed by atoms with Gasteiger partial charge in [-0.15, -0.1) is 0 Å². The summed E-state index contributed by atoms with van der Waals surface area (Å²) >= 11 is 0. The maximum absolute atomic E-state index is 11.3. The number of aromatic amines is 1. The van der Waals surface area contributed by atoms with Gasteiger partial charge in [-0.05, 0) is 6.92 Å². The van der Waals surface area contributed by atoms with E-state index >= 15 is 0 Å². The number of nitrogens with zero attached hydrogens (tertiary/aromatic N) is 3. The summed E-state index contributed by atoms with van der Waals surface area (Å²) in [6, 6.07) is 1.59. The van der Waals surface area contributed by atoms with Gasteiger partial charge in [0.1, 0.15) is 11.7 Å². The number of carbonyl (C=O) groups excluding carboxylic acids is 1. The Hall–Kier alpha value is -2.43. The number of rotatable bonds is 4. The largest absolute Gasteiger partial charge is 0.481 e. The lowest BCUT2D eigenvalue weighted by Gasteiger charge is -2.12. The Morgan fingerprint density at radius 2 is 2.24 bits per heavy atom. The van der Waals surface area contributed by atoms with E-state index < -0.39 is 23.8 Å². The summed E-state index contributed by atoms with van der Waals surface area (Å²) in [4.78, 5) is 26.2. The predicted molar refractivity (Wildman–Crippen MR) is 52.6 cm³/mol. The van der Waals surface area contributed by atoms with Crippen LogP contribution in [0.3, 0.4) is 0 Å². The molecule has 0 radical (unpaired) electrons. The number of carbonyl (C=O) groups is 2. The molecule has 1 rings (SSSR count). The molecule has 2 N–H and O–H groups in total. The first-order chi connectivity index (χ1) is 8.01. The predicted octanol–water partition coefficient (Wildman–Crippen LogP) is -0.406. The van der Waals surface area contributed by atoms with Crippen molar-refractivity contribution in [1.82, 2.24) is 15.2 Å². The average molecular weight is 238 g/mol. The average Bonchev–Trinajstić information content (AvgIpc) is 2.70. The van der Waals surface area contributed by atoms with E-state index in [1.165, 1.54) is 0 Å². The number of carboxylic acids is 1. The smallest absolute Gasteiger partial charge is 0.324 e. The van der Waals surface area contributed by atoms with Crippen molar-refractivity contribution in [3.05, 3.63) is 11.6 Å². The zero-order valence-electron chi connectivity index (χ0n) is 9.17. The van der Waals surface area contributed by atoms with Crippen molar-refractivity contribution in [1.29, 1.82) is 5.26 Å². The van der Waals surface area contributed by atoms with Crippen molar-refractivity contribution < 1.29 is 19.4 Å². The SMILES string of the molecule is COC(=O)C(C#N)C(C(=O)O)c1n[nH]c(C)n1. The summed E-state index contributed by atoms with van der Waals surface area (Å²) in [5.41, 5.74) is 0. The fraction of sp³-hybridized carbons (Fsp3) is 0.444. The van der Waals surface area contributed by atoms with Gasteiger partial charge in [-0.1, -0.05) is 0 Å². The summed E-state index contributed by atoms with van der Waals surface area (Å²) < 4.78 is 4.37. The third-order valence-electron chi connectivity index (χ3n) is 2.09. The summed E-state index contributed by atoms with van der Waals surface area (Å²) in [6.45, 7) is 1.58. The van der Waals surface area contributed by atoms with E-state index in [9.17, 15) is 9.59 Å². The van der Waals surface area contributed by atoms with Gasteiger partial charge in [-0.2, -0.15) is 10.4 Å². The standard InChI is InChI=1S/C9H10N4O4/c1-4-11-7(13-12-4)6(8(14)15)5(3-10)9(16)17-2/h5-6H,1-2H3,(H,14,15)(H,11,12,13). The quantitative estimate of drug-likeness (QED) is 0.682. The van der Waals surface area contributed by atoms with Crippen LogP contribution in [0.5, 0.6) is 0 Å². The van der Waals surface area contributed by atoms with Gasteiger partial charge in [0.2, 0.25) is 0 Å². The van der Waals surface area contributed by atoms with E-state index in [0.717, 1.165) is 7.11 Å². The van der Waals surface area contributed by atoms with Crippen molar-refractivity contribution in [2.75, 3.05) is 7.11 Å². The molecule has 0 aromatic carbocycles. The van der Waals surface area contributed by atoms with Gasteiger partial charge in [0.05, 0.1) is 13.2 Å². The van der Waals surface area contributed by atoms with Gasteiger partial charge in [0.15, 0.2) is 11.7 Å². The van der Waals surface area contributed by atoms with Gasteiger partial charge in [0, 0.05) is 0 Å². The molecule has 1 heterocycles. The highest BCUT2D eigenvalue weighted by atomic mass is 16.5. The number of nitrogens with one attached hydrogen (secondary N) is 1. The van der Waals surface area contributed by atoms with E-state index in [1.807, 2.05) is 0 Å². The van der Waals surface area contributed by atoms with Crippen molar-refractivity contribution in [2.24, 2.45) is 5.92 Å². The molecule has 1 aromatic rings. The molecule has 0 aliphatic carbocycles. The molecular weight excluding hydrogens is 228 g/mol. The fourth-order valence-corrected chi connectivity index (χ4v) is 1.29. The molecule has 0 saturated carbocycles. The molecule has 8 nitrogen and oxygen atoms in total. The van der Waals surface area contributed by atoms with Gasteiger partial charge in [-0.25, -0.2) is 4.98 Å². The molecule has 1 aromatic heterocycles. The van der Waals surface area contributed by atoms with Crippen LogP contribution in [0.1, 0.15) is 17.6 Å². The Labute approximate surface area is 96.2 Å². The number of nitriles is 1. The number of aliphatic carboxylic acids is 1. The Morgan fingerprint density at radius 3 is 2.59 bits per heavy atom. The molecule has 0 bridgehead atoms. The highest BCUT2D eigenvalue weighted by molar-refractivity contribution is 5.86. The summed E-state index contributed by atoms with van der Waals surface area (Å²) in [5.74, 6) is -4.94. The van der Waals surface area contributed by atoms with Gasteiger partial charge in [0.25, 0.3) is 0 Å². The molecule has 0 aliphatic heterocycles. The van der Waals surface area contributed by atoms with Crippen molar-refractivity contribution in [3.63, 3.8) is 0 Å². The van der Waals surface area contributed by atoms with Crippen molar-refractivity contribution in [2.45, 2.75) is 12.8 Å². The third kappa shape index (κ3) is 2.57. The Kier molecular flexibility index (Phi) is 3.77. The minimum absolute atomic E-state index is 0.119. The number of esters is 1. The third-order valence-corrected chi connectivity index (χ3v) is 2.09. The van der Waals surface area contributed by atoms with Crippen LogP contribution >= 0.6 is 0 Å². The van der Waals surface area contributed by atoms with Crippen molar-refractivity contribution in [3.8, 4) is 6.07 Å². The van der Waals surface area contributed by atoms with Crippen LogP contribution in [-0.2, 0) is 14.3 Å².